The van der Waals surface area contributed by atoms with Crippen molar-refractivity contribution in [2.45, 2.75) is 13.5 Å². The minimum Gasteiger partial charge on any atom is -0.273 e. The molecule has 1 heterocycles. The summed E-state index contributed by atoms with van der Waals surface area (Å²) in [4.78, 5) is 3.83. The Morgan fingerprint density at radius 1 is 1.82 bits per heavy atom. The molecule has 0 saturated heterocycles. The van der Waals surface area contributed by atoms with Gasteiger partial charge in [-0.2, -0.15) is 5.10 Å². The van der Waals surface area contributed by atoms with Gasteiger partial charge in [-0.15, -0.1) is 0 Å². The topological polar surface area (TPSA) is 30.2 Å². The van der Waals surface area contributed by atoms with Crippen LogP contribution in [0.4, 0.5) is 0 Å². The molecule has 0 amide bonds. The van der Waals surface area contributed by atoms with Gasteiger partial charge in [0, 0.05) is 18.3 Å². The fraction of sp³-hybridized carbons (Fsp3) is 0.429. The molecule has 0 radical (unpaired) electrons. The summed E-state index contributed by atoms with van der Waals surface area (Å²) in [7, 11) is 1.90. The van der Waals surface area contributed by atoms with Gasteiger partial charge in [0.25, 0.3) is 0 Å². The zero-order valence-electron chi connectivity index (χ0n) is 6.53. The molecule has 0 fully saturated rings. The monoisotopic (exact) mass is 167 g/mol. The van der Waals surface area contributed by atoms with E-state index in [2.05, 4.69) is 27.5 Å². The Hall–Kier alpha value is -0.990. The molecule has 0 bridgehead atoms. The summed E-state index contributed by atoms with van der Waals surface area (Å²) in [6, 6.07) is 0. The van der Waals surface area contributed by atoms with Crippen LogP contribution < -0.4 is 0 Å². The first-order valence-electron chi connectivity index (χ1n) is 3.27. The molecule has 0 aliphatic rings. The Kier molecular flexibility index (Phi) is 2.52. The molecule has 0 aliphatic carbocycles. The van der Waals surface area contributed by atoms with Crippen LogP contribution in [0.5, 0.6) is 0 Å². The van der Waals surface area contributed by atoms with Gasteiger partial charge in [0.15, 0.2) is 0 Å². The van der Waals surface area contributed by atoms with Crippen molar-refractivity contribution in [1.82, 2.24) is 9.78 Å². The zero-order valence-corrected chi connectivity index (χ0v) is 7.35. The molecule has 0 N–H and O–H groups in total. The summed E-state index contributed by atoms with van der Waals surface area (Å²) < 4.78 is 1.81. The van der Waals surface area contributed by atoms with Crippen LogP contribution in [0.3, 0.4) is 0 Å². The Bertz CT molecular complexity index is 297. The summed E-state index contributed by atoms with van der Waals surface area (Å²) >= 11 is 4.46. The first-order chi connectivity index (χ1) is 5.25. The molecule has 0 aliphatic heterocycles. The van der Waals surface area contributed by atoms with E-state index in [1.807, 2.05) is 18.7 Å². The summed E-state index contributed by atoms with van der Waals surface area (Å²) in [6.07, 6.45) is 1.80. The molecule has 0 spiro atoms. The molecule has 58 valence electrons. The van der Waals surface area contributed by atoms with E-state index < -0.39 is 0 Å². The maximum absolute atomic E-state index is 4.46. The van der Waals surface area contributed by atoms with Crippen LogP contribution >= 0.6 is 12.2 Å². The molecule has 1 aromatic heterocycles. The van der Waals surface area contributed by atoms with Gasteiger partial charge < -0.3 is 0 Å². The lowest BCUT2D eigenvalue weighted by atomic mass is 10.3. The Morgan fingerprint density at radius 2 is 2.55 bits per heavy atom. The number of nitrogens with zero attached hydrogens (tertiary/aromatic N) is 3. The van der Waals surface area contributed by atoms with Gasteiger partial charge in [0.2, 0.25) is 0 Å². The van der Waals surface area contributed by atoms with Crippen molar-refractivity contribution in [3.63, 3.8) is 0 Å². The molecular formula is C7H9N3S. The van der Waals surface area contributed by atoms with E-state index in [1.54, 1.807) is 6.20 Å². The number of rotatable bonds is 2. The third-order valence-corrected chi connectivity index (χ3v) is 1.78. The standard InChI is InChI=1S/C7H9N3S/c1-6-7(3-8-5-11)4-9-10(6)2/h4H,3H2,1-2H3. The maximum Gasteiger partial charge on any atom is 0.0776 e. The quantitative estimate of drug-likeness (QED) is 0.491. The van der Waals surface area contributed by atoms with Crippen LogP contribution in [0, 0.1) is 6.92 Å². The third kappa shape index (κ3) is 1.73. The summed E-state index contributed by atoms with van der Waals surface area (Å²) in [5.74, 6) is 0. The minimum atomic E-state index is 0.586. The number of aliphatic imine (C=N–C) groups is 1. The van der Waals surface area contributed by atoms with Crippen LogP contribution in [0.1, 0.15) is 11.3 Å². The average molecular weight is 167 g/mol. The van der Waals surface area contributed by atoms with Gasteiger partial charge in [-0.3, -0.25) is 4.68 Å². The van der Waals surface area contributed by atoms with E-state index in [9.17, 15) is 0 Å². The number of aromatic nitrogens is 2. The molecular weight excluding hydrogens is 158 g/mol. The predicted octanol–water partition coefficient (Wildman–Crippen LogP) is 1.33. The number of isothiocyanates is 1. The first kappa shape index (κ1) is 8.11. The van der Waals surface area contributed by atoms with Crippen LogP contribution in [-0.2, 0) is 13.6 Å². The number of hydrogen-bond donors (Lipinski definition) is 0. The van der Waals surface area contributed by atoms with E-state index in [-0.39, 0.29) is 0 Å². The molecule has 0 saturated carbocycles. The second-order valence-corrected chi connectivity index (χ2v) is 2.47. The highest BCUT2D eigenvalue weighted by Gasteiger charge is 2.00. The lowest BCUT2D eigenvalue weighted by molar-refractivity contribution is 0.737. The molecule has 4 heteroatoms. The zero-order chi connectivity index (χ0) is 8.27. The summed E-state index contributed by atoms with van der Waals surface area (Å²) in [6.45, 7) is 2.59. The number of hydrogen-bond acceptors (Lipinski definition) is 3. The fourth-order valence-corrected chi connectivity index (χ4v) is 0.881. The van der Waals surface area contributed by atoms with Crippen LogP contribution in [-0.4, -0.2) is 14.9 Å². The van der Waals surface area contributed by atoms with E-state index >= 15 is 0 Å². The molecule has 0 aromatic carbocycles. The molecule has 0 unspecified atom stereocenters. The smallest absolute Gasteiger partial charge is 0.0776 e. The highest BCUT2D eigenvalue weighted by atomic mass is 32.1. The van der Waals surface area contributed by atoms with Gasteiger partial charge in [0.05, 0.1) is 17.9 Å². The SMILES string of the molecule is Cc1c(CN=C=S)cnn1C. The van der Waals surface area contributed by atoms with Crippen molar-refractivity contribution in [2.75, 3.05) is 0 Å². The van der Waals surface area contributed by atoms with Crippen molar-refractivity contribution in [3.05, 3.63) is 17.5 Å². The normalized spacial score (nSPS) is 9.27. The maximum atomic E-state index is 4.46. The van der Waals surface area contributed by atoms with Crippen molar-refractivity contribution in [2.24, 2.45) is 12.0 Å². The van der Waals surface area contributed by atoms with Crippen LogP contribution in [0.2, 0.25) is 0 Å². The minimum absolute atomic E-state index is 0.586. The van der Waals surface area contributed by atoms with Crippen LogP contribution in [0.15, 0.2) is 11.2 Å². The van der Waals surface area contributed by atoms with E-state index in [4.69, 9.17) is 0 Å². The fourth-order valence-electron chi connectivity index (χ4n) is 0.817. The third-order valence-electron chi connectivity index (χ3n) is 1.65. The lowest BCUT2D eigenvalue weighted by Gasteiger charge is -1.93. The highest BCUT2D eigenvalue weighted by molar-refractivity contribution is 7.78. The Labute approximate surface area is 70.8 Å². The van der Waals surface area contributed by atoms with Gasteiger partial charge in [-0.05, 0) is 19.1 Å². The Balaban J connectivity index is 2.86. The Morgan fingerprint density at radius 3 is 3.00 bits per heavy atom. The second-order valence-electron chi connectivity index (χ2n) is 2.29. The van der Waals surface area contributed by atoms with Gasteiger partial charge in [0.1, 0.15) is 0 Å². The lowest BCUT2D eigenvalue weighted by Crippen LogP contribution is -1.93. The van der Waals surface area contributed by atoms with Gasteiger partial charge >= 0.3 is 0 Å². The molecule has 11 heavy (non-hydrogen) atoms. The predicted molar refractivity (Wildman–Crippen MR) is 46.7 cm³/mol. The first-order valence-corrected chi connectivity index (χ1v) is 3.67. The number of aryl methyl sites for hydroxylation is 1. The second kappa shape index (κ2) is 3.42. The van der Waals surface area contributed by atoms with Crippen LogP contribution in [0.25, 0.3) is 0 Å². The highest BCUT2D eigenvalue weighted by Crippen LogP contribution is 2.05. The molecule has 3 nitrogen and oxygen atoms in total. The van der Waals surface area contributed by atoms with E-state index in [0.717, 1.165) is 11.3 Å². The van der Waals surface area contributed by atoms with E-state index in [1.165, 1.54) is 0 Å². The average Bonchev–Trinajstić information content (AvgIpc) is 2.31. The van der Waals surface area contributed by atoms with Crippen molar-refractivity contribution in [1.29, 1.82) is 0 Å². The largest absolute Gasteiger partial charge is 0.273 e. The van der Waals surface area contributed by atoms with Gasteiger partial charge in [-0.25, -0.2) is 4.99 Å². The van der Waals surface area contributed by atoms with Crippen molar-refractivity contribution >= 4 is 17.4 Å². The summed E-state index contributed by atoms with van der Waals surface area (Å²) in [5.41, 5.74) is 2.23. The molecule has 1 aromatic rings. The van der Waals surface area contributed by atoms with Crippen molar-refractivity contribution < 1.29 is 0 Å². The van der Waals surface area contributed by atoms with Crippen molar-refractivity contribution in [3.8, 4) is 0 Å². The molecule has 1 rings (SSSR count). The number of thiocarbonyl (C=S) groups is 1. The van der Waals surface area contributed by atoms with E-state index in [0.29, 0.717) is 6.54 Å². The van der Waals surface area contributed by atoms with Gasteiger partial charge in [-0.1, -0.05) is 0 Å². The summed E-state index contributed by atoms with van der Waals surface area (Å²) in [5, 5.41) is 6.39. The molecule has 0 atom stereocenters.